The highest BCUT2D eigenvalue weighted by atomic mass is 79.9. The molecule has 0 aromatic rings. The fraction of sp³-hybridized carbons (Fsp3) is 0.696. The Labute approximate surface area is 189 Å². The van der Waals surface area contributed by atoms with Crippen molar-refractivity contribution >= 4 is 49.4 Å². The Bertz CT molecular complexity index is 831. The summed E-state index contributed by atoms with van der Waals surface area (Å²) in [7, 11) is 0. The van der Waals surface area contributed by atoms with E-state index in [2.05, 4.69) is 51.8 Å². The summed E-state index contributed by atoms with van der Waals surface area (Å²) in [5.41, 5.74) is -0.275. The number of fused-ring (bicyclic) bond motifs is 5. The normalized spacial score (nSPS) is 43.3. The Morgan fingerprint density at radius 1 is 1.14 bits per heavy atom. The first-order chi connectivity index (χ1) is 13.5. The number of rotatable bonds is 3. The van der Waals surface area contributed by atoms with Crippen molar-refractivity contribution in [3.05, 3.63) is 23.8 Å². The Hall–Kier alpha value is -0.750. The van der Waals surface area contributed by atoms with E-state index in [-0.39, 0.29) is 22.4 Å². The Morgan fingerprint density at radius 3 is 2.48 bits per heavy atom. The van der Waals surface area contributed by atoms with E-state index in [0.29, 0.717) is 24.2 Å². The average Bonchev–Trinajstić information content (AvgIpc) is 2.94. The SMILES string of the molecule is CC(=O)O[C@]1(C(=O)C(Br)Br)CC[C@H]2[C@@H]3CCC4=CC(=O)C=C[C@]4(C)[C@H]3CC[C@@]21C. The van der Waals surface area contributed by atoms with E-state index in [1.807, 2.05) is 6.08 Å². The van der Waals surface area contributed by atoms with Crippen molar-refractivity contribution < 1.29 is 19.1 Å². The van der Waals surface area contributed by atoms with Gasteiger partial charge < -0.3 is 4.74 Å². The van der Waals surface area contributed by atoms with Gasteiger partial charge in [-0.15, -0.1) is 0 Å². The summed E-state index contributed by atoms with van der Waals surface area (Å²) in [6.07, 6.45) is 10.9. The van der Waals surface area contributed by atoms with Crippen LogP contribution in [0.1, 0.15) is 59.3 Å². The lowest BCUT2D eigenvalue weighted by Gasteiger charge is -2.58. The van der Waals surface area contributed by atoms with E-state index in [9.17, 15) is 14.4 Å². The molecule has 4 aliphatic rings. The number of hydrogen-bond acceptors (Lipinski definition) is 4. The molecular formula is C23H28Br2O4. The average molecular weight is 528 g/mol. The van der Waals surface area contributed by atoms with Crippen molar-refractivity contribution in [2.24, 2.45) is 28.6 Å². The first kappa shape index (κ1) is 21.5. The molecule has 4 aliphatic carbocycles. The number of ether oxygens (including phenoxy) is 1. The van der Waals surface area contributed by atoms with Gasteiger partial charge in [0.05, 0.1) is 0 Å². The van der Waals surface area contributed by atoms with Crippen LogP contribution in [0.5, 0.6) is 0 Å². The van der Waals surface area contributed by atoms with Gasteiger partial charge in [-0.25, -0.2) is 0 Å². The number of carbonyl (C=O) groups is 3. The number of Topliss-reactive ketones (excluding diaryl/α,β-unsaturated/α-hetero) is 1. The number of esters is 1. The number of alkyl halides is 2. The lowest BCUT2D eigenvalue weighted by molar-refractivity contribution is -0.186. The zero-order chi connectivity index (χ0) is 21.2. The standard InChI is InChI=1S/C23H28Br2O4/c1-13(26)29-23(19(28)20(24)25)11-8-18-16-5-4-14-12-15(27)6-9-21(14,2)17(16)7-10-22(18,23)3/h6,9,12,16-18,20H,4-5,7-8,10-11H2,1-3H3/t16-,17+,18+,21+,22+,23+/m1/s1. The molecule has 0 unspecified atom stereocenters. The molecule has 0 bridgehead atoms. The molecule has 0 radical (unpaired) electrons. The van der Waals surface area contributed by atoms with E-state index < -0.39 is 15.3 Å². The van der Waals surface area contributed by atoms with Gasteiger partial charge in [-0.3, -0.25) is 14.4 Å². The predicted octanol–water partition coefficient (Wildman–Crippen LogP) is 5.28. The molecule has 3 saturated carbocycles. The molecule has 0 N–H and O–H groups in total. The van der Waals surface area contributed by atoms with Crippen molar-refractivity contribution in [1.82, 2.24) is 0 Å². The molecular weight excluding hydrogens is 500 g/mol. The highest BCUT2D eigenvalue weighted by Crippen LogP contribution is 2.68. The molecule has 4 rings (SSSR count). The van der Waals surface area contributed by atoms with Gasteiger partial charge in [0.1, 0.15) is 3.74 Å². The van der Waals surface area contributed by atoms with Gasteiger partial charge in [0.25, 0.3) is 0 Å². The second-order valence-corrected chi connectivity index (χ2v) is 12.7. The highest BCUT2D eigenvalue weighted by Gasteiger charge is 2.68. The van der Waals surface area contributed by atoms with Gasteiger partial charge in [-0.1, -0.05) is 57.4 Å². The monoisotopic (exact) mass is 526 g/mol. The quantitative estimate of drug-likeness (QED) is 0.370. The van der Waals surface area contributed by atoms with E-state index in [1.54, 1.807) is 6.08 Å². The van der Waals surface area contributed by atoms with E-state index >= 15 is 0 Å². The van der Waals surface area contributed by atoms with Crippen molar-refractivity contribution in [2.45, 2.75) is 68.6 Å². The smallest absolute Gasteiger partial charge is 0.303 e. The number of allylic oxidation sites excluding steroid dienone is 4. The minimum atomic E-state index is -1.08. The lowest BCUT2D eigenvalue weighted by atomic mass is 9.47. The van der Waals surface area contributed by atoms with Crippen LogP contribution >= 0.6 is 31.9 Å². The summed E-state index contributed by atoms with van der Waals surface area (Å²) < 4.78 is 5.37. The number of hydrogen-bond donors (Lipinski definition) is 0. The molecule has 3 fully saturated rings. The topological polar surface area (TPSA) is 60.4 Å². The van der Waals surface area contributed by atoms with Crippen LogP contribution in [0, 0.1) is 28.6 Å². The third-order valence-corrected chi connectivity index (χ3v) is 9.42. The van der Waals surface area contributed by atoms with E-state index in [0.717, 1.165) is 32.1 Å². The van der Waals surface area contributed by atoms with Crippen LogP contribution in [0.15, 0.2) is 23.8 Å². The molecule has 0 aromatic heterocycles. The van der Waals surface area contributed by atoms with Gasteiger partial charge in [-0.05, 0) is 68.4 Å². The Morgan fingerprint density at radius 2 is 1.83 bits per heavy atom. The lowest BCUT2D eigenvalue weighted by Crippen LogP contribution is -2.59. The third kappa shape index (κ3) is 2.99. The summed E-state index contributed by atoms with van der Waals surface area (Å²) in [5.74, 6) is 0.866. The number of carbonyl (C=O) groups excluding carboxylic acids is 3. The highest BCUT2D eigenvalue weighted by molar-refractivity contribution is 9.25. The first-order valence-electron chi connectivity index (χ1n) is 10.5. The van der Waals surface area contributed by atoms with Gasteiger partial charge in [0, 0.05) is 17.8 Å². The first-order valence-corrected chi connectivity index (χ1v) is 12.3. The van der Waals surface area contributed by atoms with Crippen molar-refractivity contribution in [3.8, 4) is 0 Å². The second-order valence-electron chi connectivity index (χ2n) is 9.68. The van der Waals surface area contributed by atoms with Gasteiger partial charge in [-0.2, -0.15) is 0 Å². The van der Waals surface area contributed by atoms with Crippen molar-refractivity contribution in [1.29, 1.82) is 0 Å². The van der Waals surface area contributed by atoms with Crippen LogP contribution in [0.4, 0.5) is 0 Å². The maximum Gasteiger partial charge on any atom is 0.303 e. The van der Waals surface area contributed by atoms with Crippen LogP contribution in [0.25, 0.3) is 0 Å². The van der Waals surface area contributed by atoms with Crippen LogP contribution in [-0.2, 0) is 19.1 Å². The van der Waals surface area contributed by atoms with Crippen molar-refractivity contribution in [2.75, 3.05) is 0 Å². The van der Waals surface area contributed by atoms with Crippen LogP contribution in [0.2, 0.25) is 0 Å². The molecule has 0 aliphatic heterocycles. The maximum atomic E-state index is 13.3. The van der Waals surface area contributed by atoms with Gasteiger partial charge in [0.2, 0.25) is 5.78 Å². The zero-order valence-electron chi connectivity index (χ0n) is 17.2. The van der Waals surface area contributed by atoms with Crippen LogP contribution in [0.3, 0.4) is 0 Å². The molecule has 0 amide bonds. The van der Waals surface area contributed by atoms with E-state index in [1.165, 1.54) is 12.5 Å². The summed E-state index contributed by atoms with van der Waals surface area (Å²) in [4.78, 5) is 37.3. The predicted molar refractivity (Wildman–Crippen MR) is 118 cm³/mol. The third-order valence-electron chi connectivity index (χ3n) is 8.59. The molecule has 0 saturated heterocycles. The largest absolute Gasteiger partial charge is 0.451 e. The molecule has 0 heterocycles. The minimum Gasteiger partial charge on any atom is -0.451 e. The summed E-state index contributed by atoms with van der Waals surface area (Å²) >= 11 is 6.74. The molecule has 4 nitrogen and oxygen atoms in total. The summed E-state index contributed by atoms with van der Waals surface area (Å²) in [6, 6.07) is 0. The molecule has 6 atom stereocenters. The van der Waals surface area contributed by atoms with Crippen LogP contribution in [-0.4, -0.2) is 26.9 Å². The summed E-state index contributed by atoms with van der Waals surface area (Å²) in [5, 5.41) is 0. The fourth-order valence-electron chi connectivity index (χ4n) is 7.24. The minimum absolute atomic E-state index is 0.0811. The number of ketones is 2. The Balaban J connectivity index is 1.72. The second kappa shape index (κ2) is 7.15. The molecule has 29 heavy (non-hydrogen) atoms. The zero-order valence-corrected chi connectivity index (χ0v) is 20.3. The maximum absolute atomic E-state index is 13.3. The molecule has 158 valence electrons. The fourth-order valence-corrected chi connectivity index (χ4v) is 7.98. The van der Waals surface area contributed by atoms with E-state index in [4.69, 9.17) is 4.74 Å². The molecule has 0 aromatic carbocycles. The molecule has 6 heteroatoms. The Kier molecular flexibility index (Phi) is 5.30. The summed E-state index contributed by atoms with van der Waals surface area (Å²) in [6.45, 7) is 5.84. The number of halogens is 2. The van der Waals surface area contributed by atoms with Crippen LogP contribution < -0.4 is 0 Å². The molecule has 0 spiro atoms. The van der Waals surface area contributed by atoms with Gasteiger partial charge in [0.15, 0.2) is 11.4 Å². The van der Waals surface area contributed by atoms with Crippen molar-refractivity contribution in [3.63, 3.8) is 0 Å². The van der Waals surface area contributed by atoms with Gasteiger partial charge >= 0.3 is 5.97 Å².